The number of hydrogen-bond donors (Lipinski definition) is 1. The highest BCUT2D eigenvalue weighted by Gasteiger charge is 2.17. The predicted molar refractivity (Wildman–Crippen MR) is 72.4 cm³/mol. The molecule has 1 atom stereocenters. The molecule has 1 N–H and O–H groups in total. The molecule has 1 unspecified atom stereocenters. The molecule has 0 fully saturated rings. The Kier molecular flexibility index (Phi) is 5.18. The fourth-order valence-corrected chi connectivity index (χ4v) is 2.24. The summed E-state index contributed by atoms with van der Waals surface area (Å²) in [6.07, 6.45) is 2.72. The standard InChI is InChI=1S/C12H20BrN3O/c1-8(2)5-10(6-13)14-12(17)11-7-16(4)15-9(11)3/h7-8,10H,5-6H2,1-4H3,(H,14,17). The first-order valence-corrected chi connectivity index (χ1v) is 6.93. The molecule has 0 radical (unpaired) electrons. The summed E-state index contributed by atoms with van der Waals surface area (Å²) in [5.74, 6) is 0.522. The molecule has 0 saturated carbocycles. The van der Waals surface area contributed by atoms with Gasteiger partial charge in [0, 0.05) is 24.6 Å². The van der Waals surface area contributed by atoms with Crippen molar-refractivity contribution in [1.82, 2.24) is 15.1 Å². The topological polar surface area (TPSA) is 46.9 Å². The maximum absolute atomic E-state index is 12.0. The van der Waals surface area contributed by atoms with E-state index in [0.717, 1.165) is 17.4 Å². The van der Waals surface area contributed by atoms with E-state index in [9.17, 15) is 4.79 Å². The van der Waals surface area contributed by atoms with Crippen molar-refractivity contribution in [3.05, 3.63) is 17.5 Å². The average Bonchev–Trinajstić information content (AvgIpc) is 2.56. The normalized spacial score (nSPS) is 12.8. The number of halogens is 1. The first-order chi connectivity index (χ1) is 7.93. The van der Waals surface area contributed by atoms with E-state index in [4.69, 9.17) is 0 Å². The molecule has 0 aliphatic carbocycles. The molecule has 0 saturated heterocycles. The van der Waals surface area contributed by atoms with E-state index in [1.54, 1.807) is 10.9 Å². The smallest absolute Gasteiger partial charge is 0.254 e. The van der Waals surface area contributed by atoms with Gasteiger partial charge in [-0.05, 0) is 19.3 Å². The Morgan fingerprint density at radius 2 is 2.24 bits per heavy atom. The number of carbonyl (C=O) groups is 1. The SMILES string of the molecule is Cc1nn(C)cc1C(=O)NC(CBr)CC(C)C. The minimum atomic E-state index is -0.0410. The van der Waals surface area contributed by atoms with E-state index in [2.05, 4.69) is 40.2 Å². The van der Waals surface area contributed by atoms with E-state index in [1.807, 2.05) is 14.0 Å². The number of rotatable bonds is 5. The van der Waals surface area contributed by atoms with E-state index in [1.165, 1.54) is 0 Å². The average molecular weight is 302 g/mol. The zero-order valence-electron chi connectivity index (χ0n) is 10.8. The summed E-state index contributed by atoms with van der Waals surface area (Å²) in [7, 11) is 1.82. The molecular formula is C12H20BrN3O. The van der Waals surface area contributed by atoms with Crippen LogP contribution < -0.4 is 5.32 Å². The van der Waals surface area contributed by atoms with Crippen LogP contribution in [0.3, 0.4) is 0 Å². The van der Waals surface area contributed by atoms with Gasteiger partial charge in [-0.25, -0.2) is 0 Å². The first-order valence-electron chi connectivity index (χ1n) is 5.81. The molecule has 1 heterocycles. The van der Waals surface area contributed by atoms with Crippen LogP contribution >= 0.6 is 15.9 Å². The summed E-state index contributed by atoms with van der Waals surface area (Å²) in [5, 5.41) is 7.97. The first kappa shape index (κ1) is 14.2. The molecule has 0 aliphatic rings. The van der Waals surface area contributed by atoms with Crippen molar-refractivity contribution in [3.8, 4) is 0 Å². The van der Waals surface area contributed by atoms with Gasteiger partial charge in [0.15, 0.2) is 0 Å². The lowest BCUT2D eigenvalue weighted by molar-refractivity contribution is 0.0936. The Balaban J connectivity index is 2.67. The number of nitrogens with one attached hydrogen (secondary N) is 1. The van der Waals surface area contributed by atoms with Gasteiger partial charge in [0.1, 0.15) is 0 Å². The third kappa shape index (κ3) is 4.15. The van der Waals surface area contributed by atoms with Crippen molar-refractivity contribution < 1.29 is 4.79 Å². The molecule has 1 aromatic rings. The number of carbonyl (C=O) groups excluding carboxylic acids is 1. The predicted octanol–water partition coefficient (Wildman–Crippen LogP) is 2.27. The Hall–Kier alpha value is -0.840. The molecule has 0 aliphatic heterocycles. The number of aromatic nitrogens is 2. The van der Waals surface area contributed by atoms with Crippen molar-refractivity contribution in [1.29, 1.82) is 0 Å². The lowest BCUT2D eigenvalue weighted by atomic mass is 10.0. The maximum Gasteiger partial charge on any atom is 0.254 e. The minimum absolute atomic E-state index is 0.0410. The second kappa shape index (κ2) is 6.19. The van der Waals surface area contributed by atoms with Crippen molar-refractivity contribution in [2.24, 2.45) is 13.0 Å². The van der Waals surface area contributed by atoms with Crippen LogP contribution in [-0.2, 0) is 7.05 Å². The fraction of sp³-hybridized carbons (Fsp3) is 0.667. The third-order valence-corrected chi connectivity index (χ3v) is 3.32. The summed E-state index contributed by atoms with van der Waals surface area (Å²) in [6.45, 7) is 6.15. The van der Waals surface area contributed by atoms with Gasteiger partial charge in [0.25, 0.3) is 5.91 Å². The van der Waals surface area contributed by atoms with Crippen molar-refractivity contribution >= 4 is 21.8 Å². The summed E-state index contributed by atoms with van der Waals surface area (Å²) in [6, 6.07) is 0.169. The van der Waals surface area contributed by atoms with E-state index in [0.29, 0.717) is 11.5 Å². The van der Waals surface area contributed by atoms with Crippen LogP contribution in [0.4, 0.5) is 0 Å². The van der Waals surface area contributed by atoms with Crippen LogP contribution in [-0.4, -0.2) is 27.1 Å². The zero-order chi connectivity index (χ0) is 13.0. The summed E-state index contributed by atoms with van der Waals surface area (Å²) in [4.78, 5) is 12.0. The Labute approximate surface area is 111 Å². The van der Waals surface area contributed by atoms with E-state index >= 15 is 0 Å². The van der Waals surface area contributed by atoms with Gasteiger partial charge in [-0.1, -0.05) is 29.8 Å². The maximum atomic E-state index is 12.0. The number of nitrogens with zero attached hydrogens (tertiary/aromatic N) is 2. The second-order valence-electron chi connectivity index (χ2n) is 4.76. The molecule has 17 heavy (non-hydrogen) atoms. The quantitative estimate of drug-likeness (QED) is 0.848. The monoisotopic (exact) mass is 301 g/mol. The van der Waals surface area contributed by atoms with Crippen LogP contribution in [0.1, 0.15) is 36.3 Å². The van der Waals surface area contributed by atoms with Gasteiger partial charge >= 0.3 is 0 Å². The van der Waals surface area contributed by atoms with Crippen LogP contribution in [0.5, 0.6) is 0 Å². The van der Waals surface area contributed by atoms with E-state index < -0.39 is 0 Å². The van der Waals surface area contributed by atoms with Gasteiger partial charge < -0.3 is 5.32 Å². The van der Waals surface area contributed by atoms with Gasteiger partial charge in [-0.2, -0.15) is 5.10 Å². The minimum Gasteiger partial charge on any atom is -0.348 e. The molecule has 1 aromatic heterocycles. The number of amides is 1. The van der Waals surface area contributed by atoms with Gasteiger partial charge in [-0.15, -0.1) is 0 Å². The van der Waals surface area contributed by atoms with Crippen LogP contribution in [0, 0.1) is 12.8 Å². The largest absolute Gasteiger partial charge is 0.348 e. The number of aryl methyl sites for hydroxylation is 2. The fourth-order valence-electron chi connectivity index (χ4n) is 1.82. The molecule has 96 valence electrons. The summed E-state index contributed by atoms with van der Waals surface area (Å²) in [5.41, 5.74) is 1.42. The Morgan fingerprint density at radius 1 is 1.59 bits per heavy atom. The second-order valence-corrected chi connectivity index (χ2v) is 5.40. The molecule has 5 heteroatoms. The van der Waals surface area contributed by atoms with Gasteiger partial charge in [0.2, 0.25) is 0 Å². The third-order valence-electron chi connectivity index (χ3n) is 2.54. The highest BCUT2D eigenvalue weighted by Crippen LogP contribution is 2.10. The lowest BCUT2D eigenvalue weighted by Gasteiger charge is -2.17. The number of alkyl halides is 1. The molecule has 0 aromatic carbocycles. The van der Waals surface area contributed by atoms with Gasteiger partial charge in [0.05, 0.1) is 11.3 Å². The zero-order valence-corrected chi connectivity index (χ0v) is 12.4. The number of hydrogen-bond acceptors (Lipinski definition) is 2. The molecule has 1 amide bonds. The van der Waals surface area contributed by atoms with Gasteiger partial charge in [-0.3, -0.25) is 9.48 Å². The van der Waals surface area contributed by atoms with Crippen molar-refractivity contribution in [2.45, 2.75) is 33.2 Å². The lowest BCUT2D eigenvalue weighted by Crippen LogP contribution is -2.37. The molecule has 1 rings (SSSR count). The van der Waals surface area contributed by atoms with Crippen LogP contribution in [0.25, 0.3) is 0 Å². The van der Waals surface area contributed by atoms with Crippen LogP contribution in [0.2, 0.25) is 0 Å². The highest BCUT2D eigenvalue weighted by atomic mass is 79.9. The van der Waals surface area contributed by atoms with Crippen molar-refractivity contribution in [2.75, 3.05) is 5.33 Å². The Bertz CT molecular complexity index is 387. The molecule has 0 spiro atoms. The highest BCUT2D eigenvalue weighted by molar-refractivity contribution is 9.09. The Morgan fingerprint density at radius 3 is 2.65 bits per heavy atom. The summed E-state index contributed by atoms with van der Waals surface area (Å²) < 4.78 is 1.66. The molecule has 0 bridgehead atoms. The van der Waals surface area contributed by atoms with E-state index in [-0.39, 0.29) is 11.9 Å². The summed E-state index contributed by atoms with van der Waals surface area (Å²) >= 11 is 3.43. The molecule has 4 nitrogen and oxygen atoms in total. The van der Waals surface area contributed by atoms with Crippen molar-refractivity contribution in [3.63, 3.8) is 0 Å². The van der Waals surface area contributed by atoms with Crippen LogP contribution in [0.15, 0.2) is 6.20 Å². The molecular weight excluding hydrogens is 282 g/mol.